The molecule has 0 spiro atoms. The van der Waals surface area contributed by atoms with Crippen LogP contribution in [-0.2, 0) is 9.53 Å². The van der Waals surface area contributed by atoms with Crippen molar-refractivity contribution >= 4 is 5.91 Å². The summed E-state index contributed by atoms with van der Waals surface area (Å²) in [4.78, 5) is 13.4. The van der Waals surface area contributed by atoms with E-state index in [0.29, 0.717) is 25.1 Å². The molecular weight excluding hydrogens is 178 g/mol. The van der Waals surface area contributed by atoms with E-state index in [-0.39, 0.29) is 5.91 Å². The van der Waals surface area contributed by atoms with Crippen LogP contribution >= 0.6 is 0 Å². The number of nitrogens with zero attached hydrogens (tertiary/aromatic N) is 1. The monoisotopic (exact) mass is 197 g/mol. The highest BCUT2D eigenvalue weighted by Crippen LogP contribution is 2.35. The summed E-state index contributed by atoms with van der Waals surface area (Å²) in [6, 6.07) is 0.329. The standard InChI is InChI=1S/C11H19NO2/c1-4-11(13)12(7-8-14-3)9(2)10-5-6-10/h4,9-10H,1,5-8H2,2-3H3. The fraction of sp³-hybridized carbons (Fsp3) is 0.727. The topological polar surface area (TPSA) is 29.5 Å². The number of methoxy groups -OCH3 is 1. The molecule has 14 heavy (non-hydrogen) atoms. The van der Waals surface area contributed by atoms with Gasteiger partial charge in [0.1, 0.15) is 0 Å². The first kappa shape index (κ1) is 11.2. The van der Waals surface area contributed by atoms with Crippen LogP contribution in [0, 0.1) is 5.92 Å². The summed E-state index contributed by atoms with van der Waals surface area (Å²) < 4.78 is 4.99. The van der Waals surface area contributed by atoms with Gasteiger partial charge in [-0.1, -0.05) is 6.58 Å². The second kappa shape index (κ2) is 5.15. The molecule has 1 saturated carbocycles. The summed E-state index contributed by atoms with van der Waals surface area (Å²) in [5, 5.41) is 0. The fourth-order valence-electron chi connectivity index (χ4n) is 1.65. The van der Waals surface area contributed by atoms with E-state index in [4.69, 9.17) is 4.74 Å². The van der Waals surface area contributed by atoms with E-state index >= 15 is 0 Å². The maximum atomic E-state index is 11.5. The van der Waals surface area contributed by atoms with Gasteiger partial charge in [-0.25, -0.2) is 0 Å². The van der Waals surface area contributed by atoms with E-state index < -0.39 is 0 Å². The van der Waals surface area contributed by atoms with Gasteiger partial charge < -0.3 is 9.64 Å². The minimum atomic E-state index is 0.0152. The van der Waals surface area contributed by atoms with Crippen LogP contribution in [0.15, 0.2) is 12.7 Å². The van der Waals surface area contributed by atoms with E-state index in [0.717, 1.165) is 0 Å². The van der Waals surface area contributed by atoms with Crippen molar-refractivity contribution in [3.8, 4) is 0 Å². The van der Waals surface area contributed by atoms with E-state index in [9.17, 15) is 4.79 Å². The van der Waals surface area contributed by atoms with Crippen molar-refractivity contribution in [1.82, 2.24) is 4.90 Å². The van der Waals surface area contributed by atoms with Crippen LogP contribution in [-0.4, -0.2) is 37.1 Å². The first-order chi connectivity index (χ1) is 6.70. The molecule has 0 heterocycles. The van der Waals surface area contributed by atoms with Crippen molar-refractivity contribution < 1.29 is 9.53 Å². The summed E-state index contributed by atoms with van der Waals surface area (Å²) in [6.45, 7) is 6.89. The van der Waals surface area contributed by atoms with Gasteiger partial charge in [-0.2, -0.15) is 0 Å². The molecule has 1 rings (SSSR count). The lowest BCUT2D eigenvalue weighted by molar-refractivity contribution is -0.129. The molecule has 1 aliphatic rings. The molecule has 80 valence electrons. The molecule has 0 radical (unpaired) electrons. The van der Waals surface area contributed by atoms with Crippen molar-refractivity contribution in [2.24, 2.45) is 5.92 Å². The molecule has 0 aromatic rings. The maximum absolute atomic E-state index is 11.5. The maximum Gasteiger partial charge on any atom is 0.246 e. The fourth-order valence-corrected chi connectivity index (χ4v) is 1.65. The van der Waals surface area contributed by atoms with Crippen molar-refractivity contribution in [2.75, 3.05) is 20.3 Å². The van der Waals surface area contributed by atoms with Crippen LogP contribution in [0.5, 0.6) is 0 Å². The average Bonchev–Trinajstić information content (AvgIpc) is 3.00. The average molecular weight is 197 g/mol. The molecule has 0 aromatic carbocycles. The number of carbonyl (C=O) groups is 1. The van der Waals surface area contributed by atoms with Crippen molar-refractivity contribution in [3.63, 3.8) is 0 Å². The predicted octanol–water partition coefficient (Wildman–Crippen LogP) is 1.45. The molecule has 1 unspecified atom stereocenters. The largest absolute Gasteiger partial charge is 0.383 e. The highest BCUT2D eigenvalue weighted by molar-refractivity contribution is 5.87. The minimum Gasteiger partial charge on any atom is -0.383 e. The predicted molar refractivity (Wildman–Crippen MR) is 56.0 cm³/mol. The van der Waals surface area contributed by atoms with Gasteiger partial charge in [0.05, 0.1) is 6.61 Å². The molecule has 1 fully saturated rings. The van der Waals surface area contributed by atoms with Gasteiger partial charge in [0.2, 0.25) is 5.91 Å². The number of ether oxygens (including phenoxy) is 1. The van der Waals surface area contributed by atoms with Crippen LogP contribution in [0.2, 0.25) is 0 Å². The smallest absolute Gasteiger partial charge is 0.246 e. The van der Waals surface area contributed by atoms with Gasteiger partial charge >= 0.3 is 0 Å². The van der Waals surface area contributed by atoms with E-state index in [1.54, 1.807) is 7.11 Å². The third-order valence-corrected chi connectivity index (χ3v) is 2.79. The normalized spacial score (nSPS) is 17.6. The summed E-state index contributed by atoms with van der Waals surface area (Å²) in [5.41, 5.74) is 0. The summed E-state index contributed by atoms with van der Waals surface area (Å²) in [7, 11) is 1.65. The quantitative estimate of drug-likeness (QED) is 0.603. The van der Waals surface area contributed by atoms with E-state index in [1.807, 2.05) is 4.90 Å². The third kappa shape index (κ3) is 2.84. The summed E-state index contributed by atoms with van der Waals surface area (Å²) in [5.74, 6) is 0.706. The molecule has 0 N–H and O–H groups in total. The number of carbonyl (C=O) groups excluding carboxylic acids is 1. The Balaban J connectivity index is 2.49. The number of hydrogen-bond donors (Lipinski definition) is 0. The first-order valence-electron chi connectivity index (χ1n) is 5.12. The zero-order valence-corrected chi connectivity index (χ0v) is 9.03. The van der Waals surface area contributed by atoms with Gasteiger partial charge in [-0.05, 0) is 31.8 Å². The number of rotatable bonds is 6. The lowest BCUT2D eigenvalue weighted by Gasteiger charge is -2.28. The van der Waals surface area contributed by atoms with Crippen molar-refractivity contribution in [2.45, 2.75) is 25.8 Å². The van der Waals surface area contributed by atoms with Gasteiger partial charge in [0.15, 0.2) is 0 Å². The SMILES string of the molecule is C=CC(=O)N(CCOC)C(C)C1CC1. The van der Waals surface area contributed by atoms with Crippen LogP contribution in [0.25, 0.3) is 0 Å². The summed E-state index contributed by atoms with van der Waals surface area (Å²) >= 11 is 0. The van der Waals surface area contributed by atoms with Gasteiger partial charge in [-0.3, -0.25) is 4.79 Å². The molecule has 0 bridgehead atoms. The molecule has 1 amide bonds. The Labute approximate surface area is 85.7 Å². The van der Waals surface area contributed by atoms with Gasteiger partial charge in [-0.15, -0.1) is 0 Å². The summed E-state index contributed by atoms with van der Waals surface area (Å²) in [6.07, 6.45) is 3.87. The highest BCUT2D eigenvalue weighted by Gasteiger charge is 2.33. The van der Waals surface area contributed by atoms with Crippen LogP contribution in [0.4, 0.5) is 0 Å². The molecule has 3 heteroatoms. The molecule has 0 aromatic heterocycles. The third-order valence-electron chi connectivity index (χ3n) is 2.79. The Kier molecular flexibility index (Phi) is 4.14. The van der Waals surface area contributed by atoms with Crippen molar-refractivity contribution in [1.29, 1.82) is 0 Å². The van der Waals surface area contributed by atoms with Crippen molar-refractivity contribution in [3.05, 3.63) is 12.7 Å². The highest BCUT2D eigenvalue weighted by atomic mass is 16.5. The molecular formula is C11H19NO2. The second-order valence-electron chi connectivity index (χ2n) is 3.81. The Hall–Kier alpha value is -0.830. The molecule has 1 aliphatic carbocycles. The van der Waals surface area contributed by atoms with Crippen LogP contribution in [0.1, 0.15) is 19.8 Å². The number of amides is 1. The van der Waals surface area contributed by atoms with Gasteiger partial charge in [0, 0.05) is 19.7 Å². The van der Waals surface area contributed by atoms with Crippen LogP contribution < -0.4 is 0 Å². The zero-order chi connectivity index (χ0) is 10.6. The molecule has 1 atom stereocenters. The van der Waals surface area contributed by atoms with Gasteiger partial charge in [0.25, 0.3) is 0 Å². The lowest BCUT2D eigenvalue weighted by Crippen LogP contribution is -2.40. The van der Waals surface area contributed by atoms with E-state index in [1.165, 1.54) is 18.9 Å². The van der Waals surface area contributed by atoms with E-state index in [2.05, 4.69) is 13.5 Å². The second-order valence-corrected chi connectivity index (χ2v) is 3.81. The van der Waals surface area contributed by atoms with Crippen LogP contribution in [0.3, 0.4) is 0 Å². The Morgan fingerprint density at radius 1 is 1.71 bits per heavy atom. The molecule has 0 aliphatic heterocycles. The molecule has 3 nitrogen and oxygen atoms in total. The minimum absolute atomic E-state index is 0.0152. The Bertz CT molecular complexity index is 211. The Morgan fingerprint density at radius 3 is 2.79 bits per heavy atom. The zero-order valence-electron chi connectivity index (χ0n) is 9.03. The number of hydrogen-bond acceptors (Lipinski definition) is 2. The lowest BCUT2D eigenvalue weighted by atomic mass is 10.2. The molecule has 0 saturated heterocycles. The first-order valence-corrected chi connectivity index (χ1v) is 5.12. The Morgan fingerprint density at radius 2 is 2.36 bits per heavy atom.